The summed E-state index contributed by atoms with van der Waals surface area (Å²) < 4.78 is 0. The number of rotatable bonds is 2. The Morgan fingerprint density at radius 1 is 1.50 bits per heavy atom. The first-order chi connectivity index (χ1) is 5.56. The maximum atomic E-state index is 11.5. The Morgan fingerprint density at radius 3 is 2.42 bits per heavy atom. The highest BCUT2D eigenvalue weighted by Gasteiger charge is 2.59. The number of hydrogen-bond donors (Lipinski definition) is 0. The van der Waals surface area contributed by atoms with Crippen LogP contribution in [0.25, 0.3) is 0 Å². The summed E-state index contributed by atoms with van der Waals surface area (Å²) in [6, 6.07) is 0.529. The molecule has 0 radical (unpaired) electrons. The van der Waals surface area contributed by atoms with E-state index in [-0.39, 0.29) is 5.54 Å². The van der Waals surface area contributed by atoms with Gasteiger partial charge in [-0.2, -0.15) is 0 Å². The van der Waals surface area contributed by atoms with Gasteiger partial charge in [-0.05, 0) is 39.5 Å². The maximum absolute atomic E-state index is 11.5. The van der Waals surface area contributed by atoms with E-state index in [1.54, 1.807) is 6.92 Å². The Hall–Kier alpha value is -0.370. The zero-order valence-electron chi connectivity index (χ0n) is 8.13. The third kappa shape index (κ3) is 0.817. The smallest absolute Gasteiger partial charge is 0.150 e. The highest BCUT2D eigenvalue weighted by atomic mass is 16.1. The Kier molecular flexibility index (Phi) is 1.59. The summed E-state index contributed by atoms with van der Waals surface area (Å²) in [5.74, 6) is 1.20. The average molecular weight is 167 g/mol. The zero-order valence-corrected chi connectivity index (χ0v) is 8.13. The molecule has 0 aromatic carbocycles. The molecule has 0 aromatic rings. The summed E-state index contributed by atoms with van der Waals surface area (Å²) in [4.78, 5) is 13.9. The van der Waals surface area contributed by atoms with E-state index in [2.05, 4.69) is 18.7 Å². The van der Waals surface area contributed by atoms with Gasteiger partial charge in [0, 0.05) is 12.6 Å². The third-order valence-corrected chi connectivity index (χ3v) is 3.54. The van der Waals surface area contributed by atoms with Crippen molar-refractivity contribution >= 4 is 5.78 Å². The quantitative estimate of drug-likeness (QED) is 0.620. The van der Waals surface area contributed by atoms with E-state index in [9.17, 15) is 4.79 Å². The van der Waals surface area contributed by atoms with E-state index in [4.69, 9.17) is 0 Å². The number of fused-ring (bicyclic) bond motifs is 1. The normalized spacial score (nSPS) is 40.2. The molecule has 3 aliphatic rings. The minimum absolute atomic E-state index is 0.0289. The van der Waals surface area contributed by atoms with Crippen LogP contribution in [0.4, 0.5) is 0 Å². The molecule has 1 saturated carbocycles. The number of carbonyl (C=O) groups excluding carboxylic acids is 1. The third-order valence-electron chi connectivity index (χ3n) is 3.54. The molecule has 2 bridgehead atoms. The first-order valence-corrected chi connectivity index (χ1v) is 4.84. The lowest BCUT2D eigenvalue weighted by atomic mass is 9.71. The van der Waals surface area contributed by atoms with E-state index >= 15 is 0 Å². The molecule has 2 saturated heterocycles. The molecule has 68 valence electrons. The van der Waals surface area contributed by atoms with Crippen LogP contribution in [0.1, 0.15) is 33.6 Å². The molecule has 3 rings (SSSR count). The summed E-state index contributed by atoms with van der Waals surface area (Å²) in [5.41, 5.74) is -0.0289. The number of nitrogens with zero attached hydrogens (tertiary/aromatic N) is 1. The van der Waals surface area contributed by atoms with Gasteiger partial charge in [0.05, 0.1) is 5.54 Å². The van der Waals surface area contributed by atoms with Crippen LogP contribution in [0.2, 0.25) is 0 Å². The monoisotopic (exact) mass is 167 g/mol. The first kappa shape index (κ1) is 8.24. The second kappa shape index (κ2) is 2.32. The molecule has 0 unspecified atom stereocenters. The van der Waals surface area contributed by atoms with Gasteiger partial charge in [-0.1, -0.05) is 0 Å². The Bertz CT molecular complexity index is 216. The van der Waals surface area contributed by atoms with Crippen LogP contribution in [0.5, 0.6) is 0 Å². The maximum Gasteiger partial charge on any atom is 0.150 e. The van der Waals surface area contributed by atoms with Crippen LogP contribution in [0, 0.1) is 5.92 Å². The van der Waals surface area contributed by atoms with Gasteiger partial charge in [-0.3, -0.25) is 9.69 Å². The lowest BCUT2D eigenvalue weighted by Gasteiger charge is -2.41. The molecule has 0 atom stereocenters. The van der Waals surface area contributed by atoms with E-state index < -0.39 is 0 Å². The van der Waals surface area contributed by atoms with Crippen LogP contribution in [-0.4, -0.2) is 28.8 Å². The van der Waals surface area contributed by atoms with Gasteiger partial charge < -0.3 is 0 Å². The van der Waals surface area contributed by atoms with Crippen LogP contribution in [0.15, 0.2) is 0 Å². The molecule has 0 amide bonds. The van der Waals surface area contributed by atoms with Crippen LogP contribution >= 0.6 is 0 Å². The minimum atomic E-state index is -0.0289. The fourth-order valence-corrected chi connectivity index (χ4v) is 2.91. The Labute approximate surface area is 73.9 Å². The molecule has 2 heteroatoms. The van der Waals surface area contributed by atoms with Gasteiger partial charge in [0.15, 0.2) is 0 Å². The highest BCUT2D eigenvalue weighted by Crippen LogP contribution is 2.51. The molecule has 0 N–H and O–H groups in total. The largest absolute Gasteiger partial charge is 0.298 e. The molecule has 2 heterocycles. The number of carbonyl (C=O) groups is 1. The summed E-state index contributed by atoms with van der Waals surface area (Å²) in [7, 11) is 0. The molecule has 12 heavy (non-hydrogen) atoms. The van der Waals surface area contributed by atoms with Gasteiger partial charge in [-0.25, -0.2) is 0 Å². The van der Waals surface area contributed by atoms with E-state index in [1.807, 2.05) is 0 Å². The first-order valence-electron chi connectivity index (χ1n) is 4.84. The molecule has 2 aliphatic heterocycles. The number of ketones is 1. The van der Waals surface area contributed by atoms with Crippen molar-refractivity contribution in [1.29, 1.82) is 0 Å². The summed E-state index contributed by atoms with van der Waals surface area (Å²) in [5, 5.41) is 0. The van der Waals surface area contributed by atoms with Crippen LogP contribution in [0.3, 0.4) is 0 Å². The van der Waals surface area contributed by atoms with Crippen molar-refractivity contribution in [2.24, 2.45) is 5.92 Å². The lowest BCUT2D eigenvalue weighted by Crippen LogP contribution is -2.53. The summed E-state index contributed by atoms with van der Waals surface area (Å²) in [6.07, 6.45) is 2.25. The lowest BCUT2D eigenvalue weighted by molar-refractivity contribution is -0.130. The molecule has 3 fully saturated rings. The number of hydrogen-bond acceptors (Lipinski definition) is 2. The van der Waals surface area contributed by atoms with Gasteiger partial charge in [-0.15, -0.1) is 0 Å². The second-order valence-corrected chi connectivity index (χ2v) is 4.61. The highest BCUT2D eigenvalue weighted by molar-refractivity contribution is 5.88. The van der Waals surface area contributed by atoms with Crippen molar-refractivity contribution in [1.82, 2.24) is 4.90 Å². The SMILES string of the molecule is CC(=O)C12CC(CN1C(C)C)C2. The van der Waals surface area contributed by atoms with Gasteiger partial charge in [0.2, 0.25) is 0 Å². The second-order valence-electron chi connectivity index (χ2n) is 4.61. The predicted octanol–water partition coefficient (Wildman–Crippen LogP) is 1.45. The van der Waals surface area contributed by atoms with Gasteiger partial charge in [0.1, 0.15) is 5.78 Å². The predicted molar refractivity (Wildman–Crippen MR) is 48.0 cm³/mol. The minimum Gasteiger partial charge on any atom is -0.298 e. The van der Waals surface area contributed by atoms with Crippen molar-refractivity contribution in [2.45, 2.75) is 45.2 Å². The molecular formula is C10H17NO. The Morgan fingerprint density at radius 2 is 2.08 bits per heavy atom. The van der Waals surface area contributed by atoms with Crippen molar-refractivity contribution in [3.8, 4) is 0 Å². The average Bonchev–Trinajstić information content (AvgIpc) is 2.35. The standard InChI is InChI=1S/C10H17NO/c1-7(2)11-6-9-4-10(11,5-9)8(3)12/h7,9H,4-6H2,1-3H3. The van der Waals surface area contributed by atoms with Crippen molar-refractivity contribution < 1.29 is 4.79 Å². The molecule has 0 aromatic heterocycles. The van der Waals surface area contributed by atoms with Crippen molar-refractivity contribution in [2.75, 3.05) is 6.54 Å². The van der Waals surface area contributed by atoms with Crippen LogP contribution in [-0.2, 0) is 4.79 Å². The van der Waals surface area contributed by atoms with Gasteiger partial charge >= 0.3 is 0 Å². The zero-order chi connectivity index (χ0) is 8.93. The Balaban J connectivity index is 2.22. The van der Waals surface area contributed by atoms with E-state index in [1.165, 1.54) is 0 Å². The number of Topliss-reactive ketones (excluding diaryl/α,β-unsaturated/α-hetero) is 1. The molecular weight excluding hydrogens is 150 g/mol. The molecule has 1 aliphatic carbocycles. The van der Waals surface area contributed by atoms with E-state index in [0.29, 0.717) is 11.8 Å². The molecule has 2 nitrogen and oxygen atoms in total. The topological polar surface area (TPSA) is 20.3 Å². The fraction of sp³-hybridized carbons (Fsp3) is 0.900. The van der Waals surface area contributed by atoms with Crippen LogP contribution < -0.4 is 0 Å². The van der Waals surface area contributed by atoms with Crippen molar-refractivity contribution in [3.05, 3.63) is 0 Å². The summed E-state index contributed by atoms with van der Waals surface area (Å²) in [6.45, 7) is 7.27. The van der Waals surface area contributed by atoms with Gasteiger partial charge in [0.25, 0.3) is 0 Å². The fourth-order valence-electron chi connectivity index (χ4n) is 2.91. The van der Waals surface area contributed by atoms with E-state index in [0.717, 1.165) is 25.3 Å². The van der Waals surface area contributed by atoms with Crippen molar-refractivity contribution in [3.63, 3.8) is 0 Å². The molecule has 0 spiro atoms. The summed E-state index contributed by atoms with van der Waals surface area (Å²) >= 11 is 0.